The van der Waals surface area contributed by atoms with Crippen LogP contribution in [-0.2, 0) is 16.8 Å². The number of nitrogens with one attached hydrogen (secondary N) is 2. The number of hydrogen-bond acceptors (Lipinski definition) is 6. The van der Waals surface area contributed by atoms with Gasteiger partial charge in [-0.3, -0.25) is 15.1 Å². The van der Waals surface area contributed by atoms with Gasteiger partial charge in [-0.05, 0) is 58.0 Å². The summed E-state index contributed by atoms with van der Waals surface area (Å²) in [6.07, 6.45) is 0.565. The molecule has 1 aliphatic rings. The largest absolute Gasteiger partial charge is 0.444 e. The van der Waals surface area contributed by atoms with Gasteiger partial charge in [-0.15, -0.1) is 0 Å². The summed E-state index contributed by atoms with van der Waals surface area (Å²) >= 11 is 18.4. The minimum absolute atomic E-state index is 0.00319. The Bertz CT molecular complexity index is 1420. The van der Waals surface area contributed by atoms with E-state index in [1.807, 2.05) is 0 Å². The topological polar surface area (TPSA) is 110 Å². The quantitative estimate of drug-likeness (QED) is 0.414. The molecule has 194 valence electrons. The van der Waals surface area contributed by atoms with Crippen LogP contribution < -0.4 is 10.6 Å². The monoisotopic (exact) mass is 566 g/mol. The molecule has 0 saturated heterocycles. The minimum atomic E-state index is -1.28. The van der Waals surface area contributed by atoms with E-state index < -0.39 is 29.0 Å². The fraction of sp³-hybridized carbons (Fsp3) is 0.292. The lowest BCUT2D eigenvalue weighted by molar-refractivity contribution is 0.0562. The molecule has 1 aromatic carbocycles. The number of rotatable bonds is 3. The van der Waals surface area contributed by atoms with Crippen LogP contribution in [0.4, 0.5) is 14.9 Å². The molecule has 3 heterocycles. The summed E-state index contributed by atoms with van der Waals surface area (Å²) in [5, 5.41) is 5.74. The van der Waals surface area contributed by atoms with Crippen LogP contribution in [0, 0.1) is 5.82 Å². The van der Waals surface area contributed by atoms with Gasteiger partial charge in [-0.25, -0.2) is 19.2 Å². The van der Waals surface area contributed by atoms with E-state index in [4.69, 9.17) is 39.5 Å². The lowest BCUT2D eigenvalue weighted by atomic mass is 9.90. The second kappa shape index (κ2) is 9.92. The van der Waals surface area contributed by atoms with Crippen LogP contribution >= 0.6 is 34.8 Å². The first-order chi connectivity index (χ1) is 17.3. The number of fused-ring (bicyclic) bond motifs is 1. The number of amides is 2. The molecule has 0 unspecified atom stereocenters. The number of pyridine rings is 1. The van der Waals surface area contributed by atoms with Gasteiger partial charge in [0.15, 0.2) is 16.8 Å². The molecule has 3 aromatic rings. The van der Waals surface area contributed by atoms with Crippen molar-refractivity contribution in [2.75, 3.05) is 5.32 Å². The molecular weight excluding hydrogens is 546 g/mol. The van der Waals surface area contributed by atoms with E-state index >= 15 is 4.39 Å². The minimum Gasteiger partial charge on any atom is -0.444 e. The first kappa shape index (κ1) is 26.8. The number of alkyl carbamates (subject to hydrolysis) is 1. The Balaban J connectivity index is 1.71. The van der Waals surface area contributed by atoms with Gasteiger partial charge >= 0.3 is 6.09 Å². The van der Waals surface area contributed by atoms with Crippen LogP contribution in [-0.4, -0.2) is 38.0 Å². The number of carbonyl (C=O) groups excluding carboxylic acids is 2. The van der Waals surface area contributed by atoms with Crippen LogP contribution in [0.15, 0.2) is 41.5 Å². The number of hydrogen-bond donors (Lipinski definition) is 2. The van der Waals surface area contributed by atoms with Crippen LogP contribution in [0.5, 0.6) is 0 Å². The maximum Gasteiger partial charge on any atom is 0.413 e. The first-order valence-electron chi connectivity index (χ1n) is 11.0. The standard InChI is InChI=1S/C24H22Cl3FN6O3/c1-23(2,3)37-22(36)32-19-20-31-17(26)18(27)34(20)11-24(4,33-19)14-9-13(6-7-15(14)28)30-21(35)16-8-5-12(25)10-29-16/h5-10H,11H2,1-4H3,(H,30,35)(H,32,33,36)/t24-/m0/s1. The predicted octanol–water partition coefficient (Wildman–Crippen LogP) is 5.83. The summed E-state index contributed by atoms with van der Waals surface area (Å²) in [5.74, 6) is -0.908. The van der Waals surface area contributed by atoms with E-state index in [1.165, 1.54) is 41.1 Å². The number of nitrogens with zero attached hydrogens (tertiary/aromatic N) is 4. The van der Waals surface area contributed by atoms with Crippen molar-refractivity contribution >= 4 is 58.3 Å². The van der Waals surface area contributed by atoms with Crippen LogP contribution in [0.3, 0.4) is 0 Å². The Morgan fingerprint density at radius 1 is 1.14 bits per heavy atom. The van der Waals surface area contributed by atoms with E-state index in [0.29, 0.717) is 10.7 Å². The molecule has 13 heteroatoms. The van der Waals surface area contributed by atoms with Crippen molar-refractivity contribution in [2.45, 2.75) is 45.4 Å². The second-order valence-electron chi connectivity index (χ2n) is 9.47. The Labute approximate surface area is 227 Å². The number of carbonyl (C=O) groups is 2. The van der Waals surface area contributed by atoms with Crippen molar-refractivity contribution in [3.8, 4) is 0 Å². The molecule has 9 nitrogen and oxygen atoms in total. The zero-order valence-corrected chi connectivity index (χ0v) is 22.5. The molecule has 4 rings (SSSR count). The summed E-state index contributed by atoms with van der Waals surface area (Å²) in [6.45, 7) is 6.84. The third-order valence-electron chi connectivity index (χ3n) is 5.29. The van der Waals surface area contributed by atoms with Crippen LogP contribution in [0.25, 0.3) is 0 Å². The molecule has 0 fully saturated rings. The number of aliphatic imine (C=N–C) groups is 1. The number of anilines is 1. The Morgan fingerprint density at radius 2 is 1.86 bits per heavy atom. The van der Waals surface area contributed by atoms with Gasteiger partial charge in [-0.2, -0.15) is 0 Å². The van der Waals surface area contributed by atoms with E-state index in [0.717, 1.165) is 0 Å². The van der Waals surface area contributed by atoms with Gasteiger partial charge in [0.05, 0.1) is 11.6 Å². The second-order valence-corrected chi connectivity index (χ2v) is 10.6. The fourth-order valence-corrected chi connectivity index (χ4v) is 4.20. The first-order valence-corrected chi connectivity index (χ1v) is 12.1. The van der Waals surface area contributed by atoms with Crippen molar-refractivity contribution in [2.24, 2.45) is 4.99 Å². The normalized spacial score (nSPS) is 17.0. The van der Waals surface area contributed by atoms with Crippen molar-refractivity contribution < 1.29 is 18.7 Å². The van der Waals surface area contributed by atoms with Crippen LogP contribution in [0.1, 0.15) is 49.6 Å². The number of benzene rings is 1. The Kier molecular flexibility index (Phi) is 7.20. The van der Waals surface area contributed by atoms with Gasteiger partial charge in [0.25, 0.3) is 5.91 Å². The third-order valence-corrected chi connectivity index (χ3v) is 6.25. The summed E-state index contributed by atoms with van der Waals surface area (Å²) in [4.78, 5) is 38.0. The summed E-state index contributed by atoms with van der Waals surface area (Å²) < 4.78 is 22.0. The Hall–Kier alpha value is -3.21. The average Bonchev–Trinajstić information content (AvgIpc) is 3.08. The molecule has 1 aliphatic heterocycles. The molecule has 1 atom stereocenters. The van der Waals surface area contributed by atoms with Gasteiger partial charge in [0.1, 0.15) is 27.8 Å². The molecule has 2 amide bonds. The van der Waals surface area contributed by atoms with Gasteiger partial charge < -0.3 is 14.6 Å². The Morgan fingerprint density at radius 3 is 2.51 bits per heavy atom. The highest BCUT2D eigenvalue weighted by Gasteiger charge is 2.38. The van der Waals surface area contributed by atoms with E-state index in [9.17, 15) is 9.59 Å². The van der Waals surface area contributed by atoms with Crippen LogP contribution in [0.2, 0.25) is 15.3 Å². The predicted molar refractivity (Wildman–Crippen MR) is 139 cm³/mol. The summed E-state index contributed by atoms with van der Waals surface area (Å²) in [7, 11) is 0. The number of ether oxygens (including phenoxy) is 1. The molecule has 0 aliphatic carbocycles. The average molecular weight is 568 g/mol. The van der Waals surface area contributed by atoms with E-state index in [2.05, 4.69) is 25.6 Å². The van der Waals surface area contributed by atoms with Crippen molar-refractivity contribution in [3.63, 3.8) is 0 Å². The van der Waals surface area contributed by atoms with Gasteiger partial charge in [0.2, 0.25) is 0 Å². The molecule has 37 heavy (non-hydrogen) atoms. The number of amidine groups is 1. The summed E-state index contributed by atoms with van der Waals surface area (Å²) in [6, 6.07) is 7.08. The lowest BCUT2D eigenvalue weighted by Gasteiger charge is -2.33. The molecular formula is C24H22Cl3FN6O3. The SMILES string of the molecule is CC(C)(C)OC(=O)NC1=N[C@](C)(c2cc(NC(=O)c3ccc(Cl)cn3)ccc2F)Cn2c1nc(Cl)c2Cl. The highest BCUT2D eigenvalue weighted by atomic mass is 35.5. The third kappa shape index (κ3) is 5.87. The maximum absolute atomic E-state index is 15.2. The maximum atomic E-state index is 15.2. The highest BCUT2D eigenvalue weighted by Crippen LogP contribution is 2.38. The number of halogens is 4. The van der Waals surface area contributed by atoms with Gasteiger partial charge in [0, 0.05) is 17.4 Å². The molecule has 0 radical (unpaired) electrons. The number of imidazole rings is 1. The van der Waals surface area contributed by atoms with E-state index in [-0.39, 0.29) is 39.8 Å². The molecule has 0 bridgehead atoms. The highest BCUT2D eigenvalue weighted by molar-refractivity contribution is 6.41. The summed E-state index contributed by atoms with van der Waals surface area (Å²) in [5.41, 5.74) is -1.49. The smallest absolute Gasteiger partial charge is 0.413 e. The zero-order valence-electron chi connectivity index (χ0n) is 20.2. The van der Waals surface area contributed by atoms with Crippen molar-refractivity contribution in [1.82, 2.24) is 19.9 Å². The lowest BCUT2D eigenvalue weighted by Crippen LogP contribution is -2.44. The van der Waals surface area contributed by atoms with E-state index in [1.54, 1.807) is 27.7 Å². The van der Waals surface area contributed by atoms with Crippen molar-refractivity contribution in [3.05, 3.63) is 74.8 Å². The molecule has 0 saturated carbocycles. The van der Waals surface area contributed by atoms with Crippen molar-refractivity contribution in [1.29, 1.82) is 0 Å². The zero-order chi connectivity index (χ0) is 27.1. The fourth-order valence-electron chi connectivity index (χ4n) is 3.72. The van der Waals surface area contributed by atoms with Gasteiger partial charge in [-0.1, -0.05) is 34.8 Å². The number of aromatic nitrogens is 3. The molecule has 0 spiro atoms. The molecule has 2 aromatic heterocycles. The molecule has 2 N–H and O–H groups in total.